The third-order valence-electron chi connectivity index (χ3n) is 3.83. The average Bonchev–Trinajstić information content (AvgIpc) is 3.00. The number of carbonyl (C=O) groups is 2. The Labute approximate surface area is 168 Å². The van der Waals surface area contributed by atoms with Crippen molar-refractivity contribution in [2.45, 2.75) is 40.2 Å². The molecule has 0 bridgehead atoms. The molecule has 0 aliphatic rings. The molecule has 28 heavy (non-hydrogen) atoms. The molecular weight excluding hydrogens is 386 g/mol. The molecule has 0 fully saturated rings. The molecule has 0 aliphatic heterocycles. The summed E-state index contributed by atoms with van der Waals surface area (Å²) in [6.07, 6.45) is 0.758. The van der Waals surface area contributed by atoms with E-state index in [9.17, 15) is 14.7 Å². The lowest BCUT2D eigenvalue weighted by Crippen LogP contribution is -2.36. The zero-order valence-corrected chi connectivity index (χ0v) is 17.7. The fourth-order valence-corrected chi connectivity index (χ4v) is 2.39. The number of aliphatic hydroxyl groups is 1. The molecule has 0 radical (unpaired) electrons. The predicted molar refractivity (Wildman–Crippen MR) is 106 cm³/mol. The van der Waals surface area contributed by atoms with Crippen molar-refractivity contribution in [3.8, 4) is 0 Å². The molecule has 0 saturated heterocycles. The first-order valence-corrected chi connectivity index (χ1v) is 9.12. The third kappa shape index (κ3) is 5.11. The number of anilines is 1. The Balaban J connectivity index is 2.37. The molecule has 2 heterocycles. The maximum Gasteiger partial charge on any atom is 0.415 e. The van der Waals surface area contributed by atoms with Crippen LogP contribution in [0.25, 0.3) is 5.65 Å². The van der Waals surface area contributed by atoms with Crippen molar-refractivity contribution >= 4 is 35.1 Å². The second-order valence-corrected chi connectivity index (χ2v) is 8.66. The van der Waals surface area contributed by atoms with E-state index in [0.717, 1.165) is 0 Å². The lowest BCUT2D eigenvalue weighted by atomic mass is 9.95. The van der Waals surface area contributed by atoms with Crippen LogP contribution in [-0.2, 0) is 4.74 Å². The molecule has 0 atom stereocenters. The summed E-state index contributed by atoms with van der Waals surface area (Å²) in [5, 5.41) is 16.4. The van der Waals surface area contributed by atoms with Gasteiger partial charge in [0, 0.05) is 31.7 Å². The molecule has 2 amide bonds. The Kier molecular flexibility index (Phi) is 6.20. The van der Waals surface area contributed by atoms with Crippen LogP contribution in [0.15, 0.2) is 12.3 Å². The standard InChI is InChI=1S/C18H26ClN5O4/c1-17(2,3)28-16(27)23(6)13-7-12(19)22-14-11(8-21-24(13)14)15(26)20-9-18(4,5)10-25/h7-8,25H,9-10H2,1-6H3,(H,20,26). The quantitative estimate of drug-likeness (QED) is 0.731. The van der Waals surface area contributed by atoms with Crippen LogP contribution in [-0.4, -0.2) is 57.5 Å². The molecule has 10 heteroatoms. The number of amides is 2. The van der Waals surface area contributed by atoms with Crippen molar-refractivity contribution in [2.75, 3.05) is 25.1 Å². The normalized spacial score (nSPS) is 12.1. The van der Waals surface area contributed by atoms with E-state index in [4.69, 9.17) is 16.3 Å². The Morgan fingerprint density at radius 1 is 1.32 bits per heavy atom. The van der Waals surface area contributed by atoms with Gasteiger partial charge in [-0.2, -0.15) is 9.61 Å². The zero-order valence-electron chi connectivity index (χ0n) is 16.9. The van der Waals surface area contributed by atoms with Gasteiger partial charge in [-0.15, -0.1) is 0 Å². The monoisotopic (exact) mass is 411 g/mol. The summed E-state index contributed by atoms with van der Waals surface area (Å²) in [6, 6.07) is 1.46. The number of nitrogens with one attached hydrogen (secondary N) is 1. The summed E-state index contributed by atoms with van der Waals surface area (Å²) < 4.78 is 6.71. The Morgan fingerprint density at radius 3 is 2.54 bits per heavy atom. The first-order valence-electron chi connectivity index (χ1n) is 8.75. The van der Waals surface area contributed by atoms with Gasteiger partial charge in [-0.25, -0.2) is 9.78 Å². The van der Waals surface area contributed by atoms with E-state index in [1.54, 1.807) is 20.8 Å². The lowest BCUT2D eigenvalue weighted by Gasteiger charge is -2.24. The van der Waals surface area contributed by atoms with E-state index in [1.807, 2.05) is 13.8 Å². The van der Waals surface area contributed by atoms with Gasteiger partial charge in [-0.05, 0) is 20.8 Å². The van der Waals surface area contributed by atoms with Crippen LogP contribution in [0.3, 0.4) is 0 Å². The van der Waals surface area contributed by atoms with Crippen molar-refractivity contribution in [1.29, 1.82) is 0 Å². The van der Waals surface area contributed by atoms with Crippen LogP contribution < -0.4 is 10.2 Å². The average molecular weight is 412 g/mol. The van der Waals surface area contributed by atoms with Crippen molar-refractivity contribution < 1.29 is 19.4 Å². The number of halogens is 1. The SMILES string of the molecule is CN(C(=O)OC(C)(C)C)c1cc(Cl)nc2c(C(=O)NCC(C)(C)CO)cnn12. The summed E-state index contributed by atoms with van der Waals surface area (Å²) in [7, 11) is 1.52. The molecule has 0 saturated carbocycles. The van der Waals surface area contributed by atoms with Gasteiger partial charge in [-0.1, -0.05) is 25.4 Å². The molecule has 9 nitrogen and oxygen atoms in total. The van der Waals surface area contributed by atoms with E-state index in [1.165, 1.54) is 28.7 Å². The van der Waals surface area contributed by atoms with Gasteiger partial charge in [0.25, 0.3) is 5.91 Å². The number of nitrogens with zero attached hydrogens (tertiary/aromatic N) is 4. The van der Waals surface area contributed by atoms with Gasteiger partial charge < -0.3 is 15.2 Å². The highest BCUT2D eigenvalue weighted by molar-refractivity contribution is 6.30. The molecule has 0 spiro atoms. The number of ether oxygens (including phenoxy) is 1. The Bertz CT molecular complexity index is 888. The van der Waals surface area contributed by atoms with Gasteiger partial charge >= 0.3 is 6.09 Å². The highest BCUT2D eigenvalue weighted by Gasteiger charge is 2.25. The smallest absolute Gasteiger partial charge is 0.415 e. The summed E-state index contributed by atoms with van der Waals surface area (Å²) >= 11 is 6.12. The molecule has 154 valence electrons. The van der Waals surface area contributed by atoms with E-state index < -0.39 is 23.0 Å². The van der Waals surface area contributed by atoms with E-state index in [0.29, 0.717) is 5.82 Å². The highest BCUT2D eigenvalue weighted by atomic mass is 35.5. The number of fused-ring (bicyclic) bond motifs is 1. The fourth-order valence-electron chi connectivity index (χ4n) is 2.21. The van der Waals surface area contributed by atoms with Crippen molar-refractivity contribution in [3.05, 3.63) is 23.0 Å². The second-order valence-electron chi connectivity index (χ2n) is 8.28. The van der Waals surface area contributed by atoms with Gasteiger partial charge in [0.05, 0.1) is 6.20 Å². The molecule has 2 N–H and O–H groups in total. The largest absolute Gasteiger partial charge is 0.443 e. The molecular formula is C18H26ClN5O4. The Hall–Kier alpha value is -2.39. The van der Waals surface area contributed by atoms with Crippen LogP contribution in [0.4, 0.5) is 10.6 Å². The maximum atomic E-state index is 12.6. The van der Waals surface area contributed by atoms with E-state index in [-0.39, 0.29) is 29.5 Å². The summed E-state index contributed by atoms with van der Waals surface area (Å²) in [5.41, 5.74) is -0.728. The topological polar surface area (TPSA) is 109 Å². The summed E-state index contributed by atoms with van der Waals surface area (Å²) in [4.78, 5) is 30.4. The van der Waals surface area contributed by atoms with Crippen LogP contribution in [0, 0.1) is 5.41 Å². The second kappa shape index (κ2) is 7.92. The number of aliphatic hydroxyl groups excluding tert-OH is 1. The number of rotatable bonds is 5. The molecule has 0 aliphatic carbocycles. The van der Waals surface area contributed by atoms with Gasteiger partial charge in [0.15, 0.2) is 5.65 Å². The minimum atomic E-state index is -0.671. The number of carbonyl (C=O) groups excluding carboxylic acids is 2. The molecule has 0 unspecified atom stereocenters. The fraction of sp³-hybridized carbons (Fsp3) is 0.556. The van der Waals surface area contributed by atoms with Crippen molar-refractivity contribution in [3.63, 3.8) is 0 Å². The molecule has 0 aromatic carbocycles. The third-order valence-corrected chi connectivity index (χ3v) is 4.03. The lowest BCUT2D eigenvalue weighted by molar-refractivity contribution is 0.0587. The first kappa shape index (κ1) is 21.9. The summed E-state index contributed by atoms with van der Waals surface area (Å²) in [6.45, 7) is 9.13. The molecule has 2 aromatic rings. The first-order chi connectivity index (χ1) is 12.8. The number of aromatic nitrogens is 3. The van der Waals surface area contributed by atoms with Gasteiger partial charge in [-0.3, -0.25) is 9.69 Å². The van der Waals surface area contributed by atoms with Crippen LogP contribution in [0.2, 0.25) is 5.15 Å². The Morgan fingerprint density at radius 2 is 1.96 bits per heavy atom. The van der Waals surface area contributed by atoms with Crippen LogP contribution in [0.5, 0.6) is 0 Å². The maximum absolute atomic E-state index is 12.6. The highest BCUT2D eigenvalue weighted by Crippen LogP contribution is 2.23. The molecule has 2 aromatic heterocycles. The number of hydrogen-bond donors (Lipinski definition) is 2. The van der Waals surface area contributed by atoms with E-state index in [2.05, 4.69) is 15.4 Å². The van der Waals surface area contributed by atoms with Gasteiger partial charge in [0.2, 0.25) is 0 Å². The zero-order chi connectivity index (χ0) is 21.3. The predicted octanol–water partition coefficient (Wildman–Crippen LogP) is 2.50. The minimum absolute atomic E-state index is 0.0725. The van der Waals surface area contributed by atoms with Crippen LogP contribution >= 0.6 is 11.6 Å². The van der Waals surface area contributed by atoms with Gasteiger partial charge in [0.1, 0.15) is 22.1 Å². The van der Waals surface area contributed by atoms with Crippen molar-refractivity contribution in [2.24, 2.45) is 5.41 Å². The molecule has 2 rings (SSSR count). The number of hydrogen-bond acceptors (Lipinski definition) is 6. The summed E-state index contributed by atoms with van der Waals surface area (Å²) in [5.74, 6) is -0.101. The van der Waals surface area contributed by atoms with Crippen molar-refractivity contribution in [1.82, 2.24) is 19.9 Å². The van der Waals surface area contributed by atoms with E-state index >= 15 is 0 Å². The minimum Gasteiger partial charge on any atom is -0.443 e. The van der Waals surface area contributed by atoms with Crippen LogP contribution in [0.1, 0.15) is 45.0 Å².